The van der Waals surface area contributed by atoms with Crippen molar-refractivity contribution in [3.8, 4) is 5.75 Å². The largest absolute Gasteiger partial charge is 0.496 e. The molecule has 0 atom stereocenters. The molecule has 5 nitrogen and oxygen atoms in total. The molecule has 114 valence electrons. The Hall–Kier alpha value is -2.82. The van der Waals surface area contributed by atoms with Crippen LogP contribution in [0.1, 0.15) is 31.8 Å². The summed E-state index contributed by atoms with van der Waals surface area (Å²) in [5.41, 5.74) is 8.37. The number of para-hydroxylation sites is 1. The first-order chi connectivity index (χ1) is 10.4. The summed E-state index contributed by atoms with van der Waals surface area (Å²) in [4.78, 5) is 23.9. The molecule has 2 rings (SSSR count). The number of ether oxygens (including phenoxy) is 1. The number of hydrogen-bond acceptors (Lipinski definition) is 3. The van der Waals surface area contributed by atoms with Gasteiger partial charge >= 0.3 is 0 Å². The van der Waals surface area contributed by atoms with E-state index in [9.17, 15) is 9.59 Å². The van der Waals surface area contributed by atoms with E-state index in [1.165, 1.54) is 7.11 Å². The highest BCUT2D eigenvalue weighted by atomic mass is 16.5. The van der Waals surface area contributed by atoms with Crippen molar-refractivity contribution in [3.63, 3.8) is 0 Å². The molecule has 2 aromatic carbocycles. The Morgan fingerprint density at radius 1 is 1.05 bits per heavy atom. The molecule has 0 aliphatic carbocycles. The van der Waals surface area contributed by atoms with E-state index in [1.807, 2.05) is 19.9 Å². The van der Waals surface area contributed by atoms with E-state index in [2.05, 4.69) is 5.32 Å². The van der Waals surface area contributed by atoms with Crippen molar-refractivity contribution in [1.82, 2.24) is 0 Å². The molecule has 22 heavy (non-hydrogen) atoms. The fourth-order valence-electron chi connectivity index (χ4n) is 2.13. The highest BCUT2D eigenvalue weighted by Gasteiger charge is 2.16. The first-order valence-corrected chi connectivity index (χ1v) is 6.79. The van der Waals surface area contributed by atoms with Crippen LogP contribution in [-0.2, 0) is 0 Å². The summed E-state index contributed by atoms with van der Waals surface area (Å²) in [6.07, 6.45) is 0. The number of carbonyl (C=O) groups excluding carboxylic acids is 2. The summed E-state index contributed by atoms with van der Waals surface area (Å²) in [5.74, 6) is -0.464. The van der Waals surface area contributed by atoms with Crippen molar-refractivity contribution in [2.45, 2.75) is 13.8 Å². The van der Waals surface area contributed by atoms with Crippen LogP contribution >= 0.6 is 0 Å². The van der Waals surface area contributed by atoms with Gasteiger partial charge in [-0.05, 0) is 49.2 Å². The lowest BCUT2D eigenvalue weighted by molar-refractivity contribution is 0.100. The maximum absolute atomic E-state index is 12.5. The normalized spacial score (nSPS) is 10.1. The molecule has 0 radical (unpaired) electrons. The van der Waals surface area contributed by atoms with Gasteiger partial charge in [-0.25, -0.2) is 0 Å². The first kappa shape index (κ1) is 15.6. The molecule has 0 bridgehead atoms. The lowest BCUT2D eigenvalue weighted by Crippen LogP contribution is -2.19. The second-order valence-electron chi connectivity index (χ2n) is 5.00. The van der Waals surface area contributed by atoms with Crippen LogP contribution in [0.25, 0.3) is 0 Å². The Kier molecular flexibility index (Phi) is 4.46. The molecule has 3 N–H and O–H groups in total. The van der Waals surface area contributed by atoms with Crippen LogP contribution in [0.3, 0.4) is 0 Å². The van der Waals surface area contributed by atoms with Crippen molar-refractivity contribution in [2.24, 2.45) is 5.73 Å². The third kappa shape index (κ3) is 3.09. The molecule has 2 amide bonds. The Balaban J connectivity index is 2.38. The van der Waals surface area contributed by atoms with E-state index in [1.54, 1.807) is 30.3 Å². The maximum Gasteiger partial charge on any atom is 0.259 e. The van der Waals surface area contributed by atoms with Crippen LogP contribution in [0.5, 0.6) is 5.75 Å². The summed E-state index contributed by atoms with van der Waals surface area (Å²) in [5, 5.41) is 2.71. The van der Waals surface area contributed by atoms with Crippen molar-refractivity contribution in [3.05, 3.63) is 58.7 Å². The van der Waals surface area contributed by atoms with Gasteiger partial charge in [0.05, 0.1) is 23.9 Å². The number of anilines is 1. The summed E-state index contributed by atoms with van der Waals surface area (Å²) in [7, 11) is 1.51. The van der Waals surface area contributed by atoms with Crippen LogP contribution in [0.2, 0.25) is 0 Å². The Bertz CT molecular complexity index is 739. The van der Waals surface area contributed by atoms with Gasteiger partial charge in [0.25, 0.3) is 11.8 Å². The molecule has 5 heteroatoms. The van der Waals surface area contributed by atoms with Crippen molar-refractivity contribution in [2.75, 3.05) is 12.4 Å². The lowest BCUT2D eigenvalue weighted by atomic mass is 10.0. The van der Waals surface area contributed by atoms with Gasteiger partial charge in [-0.1, -0.05) is 12.1 Å². The van der Waals surface area contributed by atoms with Crippen LogP contribution in [0.4, 0.5) is 5.69 Å². The first-order valence-electron chi connectivity index (χ1n) is 6.79. The molecular formula is C17H18N2O3. The smallest absolute Gasteiger partial charge is 0.259 e. The Labute approximate surface area is 129 Å². The van der Waals surface area contributed by atoms with Crippen molar-refractivity contribution >= 4 is 17.5 Å². The quantitative estimate of drug-likeness (QED) is 0.910. The molecule has 0 heterocycles. The molecule has 0 aromatic heterocycles. The highest BCUT2D eigenvalue weighted by molar-refractivity contribution is 6.10. The fourth-order valence-corrected chi connectivity index (χ4v) is 2.13. The SMILES string of the molecule is COc1cc(C)c(C)cc1C(=O)Nc1ccccc1C(N)=O. The molecule has 2 aromatic rings. The van der Waals surface area contributed by atoms with Crippen molar-refractivity contribution < 1.29 is 14.3 Å². The summed E-state index contributed by atoms with van der Waals surface area (Å²) in [6.45, 7) is 3.87. The predicted molar refractivity (Wildman–Crippen MR) is 85.4 cm³/mol. The van der Waals surface area contributed by atoms with Crippen LogP contribution in [0.15, 0.2) is 36.4 Å². The van der Waals surface area contributed by atoms with Gasteiger partial charge in [0.15, 0.2) is 0 Å². The highest BCUT2D eigenvalue weighted by Crippen LogP contribution is 2.25. The average Bonchev–Trinajstić information content (AvgIpc) is 2.49. The van der Waals surface area contributed by atoms with E-state index in [0.29, 0.717) is 17.0 Å². The van der Waals surface area contributed by atoms with Gasteiger partial charge < -0.3 is 15.8 Å². The van der Waals surface area contributed by atoms with Gasteiger partial charge in [-0.3, -0.25) is 9.59 Å². The third-order valence-electron chi connectivity index (χ3n) is 3.50. The number of methoxy groups -OCH3 is 1. The van der Waals surface area contributed by atoms with Gasteiger partial charge in [0.2, 0.25) is 0 Å². The fraction of sp³-hybridized carbons (Fsp3) is 0.176. The molecular weight excluding hydrogens is 280 g/mol. The van der Waals surface area contributed by atoms with Gasteiger partial charge in [-0.15, -0.1) is 0 Å². The van der Waals surface area contributed by atoms with Gasteiger partial charge in [-0.2, -0.15) is 0 Å². The minimum absolute atomic E-state index is 0.263. The number of nitrogens with two attached hydrogens (primary N) is 1. The summed E-state index contributed by atoms with van der Waals surface area (Å²) >= 11 is 0. The number of hydrogen-bond donors (Lipinski definition) is 2. The molecule has 0 fully saturated rings. The maximum atomic E-state index is 12.5. The van der Waals surface area contributed by atoms with E-state index in [0.717, 1.165) is 11.1 Å². The molecule has 0 aliphatic rings. The third-order valence-corrected chi connectivity index (χ3v) is 3.50. The minimum Gasteiger partial charge on any atom is -0.496 e. The number of benzene rings is 2. The molecule has 0 aliphatic heterocycles. The monoisotopic (exact) mass is 298 g/mol. The molecule has 0 saturated heterocycles. The average molecular weight is 298 g/mol. The second-order valence-corrected chi connectivity index (χ2v) is 5.00. The summed E-state index contributed by atoms with van der Waals surface area (Å²) in [6, 6.07) is 10.2. The Morgan fingerprint density at radius 3 is 2.32 bits per heavy atom. The zero-order valence-corrected chi connectivity index (χ0v) is 12.8. The van der Waals surface area contributed by atoms with E-state index >= 15 is 0 Å². The van der Waals surface area contributed by atoms with Crippen LogP contribution in [-0.4, -0.2) is 18.9 Å². The van der Waals surface area contributed by atoms with Crippen LogP contribution < -0.4 is 15.8 Å². The van der Waals surface area contributed by atoms with Crippen molar-refractivity contribution in [1.29, 1.82) is 0 Å². The number of amides is 2. The number of nitrogens with one attached hydrogen (secondary N) is 1. The Morgan fingerprint density at radius 2 is 1.68 bits per heavy atom. The standard InChI is InChI=1S/C17H18N2O3/c1-10-8-13(15(22-3)9-11(10)2)17(21)19-14-7-5-4-6-12(14)16(18)20/h4-9H,1-3H3,(H2,18,20)(H,19,21). The summed E-state index contributed by atoms with van der Waals surface area (Å²) < 4.78 is 5.27. The number of rotatable bonds is 4. The van der Waals surface area contributed by atoms with Crippen LogP contribution in [0, 0.1) is 13.8 Å². The minimum atomic E-state index is -0.594. The van der Waals surface area contributed by atoms with E-state index < -0.39 is 5.91 Å². The zero-order valence-electron chi connectivity index (χ0n) is 12.8. The molecule has 0 spiro atoms. The van der Waals surface area contributed by atoms with E-state index in [-0.39, 0.29) is 11.5 Å². The molecule has 0 unspecified atom stereocenters. The van der Waals surface area contributed by atoms with E-state index in [4.69, 9.17) is 10.5 Å². The predicted octanol–water partition coefficient (Wildman–Crippen LogP) is 2.66. The van der Waals surface area contributed by atoms with Gasteiger partial charge in [0, 0.05) is 0 Å². The number of carbonyl (C=O) groups is 2. The number of primary amides is 1. The number of aryl methyl sites for hydroxylation is 2. The zero-order chi connectivity index (χ0) is 16.3. The second kappa shape index (κ2) is 6.30. The van der Waals surface area contributed by atoms with Gasteiger partial charge in [0.1, 0.15) is 5.75 Å². The topological polar surface area (TPSA) is 81.4 Å². The molecule has 0 saturated carbocycles. The lowest BCUT2D eigenvalue weighted by Gasteiger charge is -2.13.